The fraction of sp³-hybridized carbons (Fsp3) is 0.130. The number of carbonyl (C=O) groups is 1. The molecule has 1 heterocycles. The standard InChI is InChI=1S/C23H19FN2O2/c1-28-20-13-9-17(10-14-20)22-15-21(16-5-3-2-4-6-16)25-26(22)23(27)18-7-11-19(24)12-8-18/h2-14,22H,15H2,1H3/t22-/m1/s1. The van der Waals surface area contributed by atoms with Gasteiger partial charge in [0.2, 0.25) is 0 Å². The molecule has 4 nitrogen and oxygen atoms in total. The Hall–Kier alpha value is -3.47. The number of rotatable bonds is 4. The summed E-state index contributed by atoms with van der Waals surface area (Å²) >= 11 is 0. The van der Waals surface area contributed by atoms with Crippen LogP contribution in [0.25, 0.3) is 0 Å². The van der Waals surface area contributed by atoms with E-state index in [-0.39, 0.29) is 17.8 Å². The SMILES string of the molecule is COc1ccc([C@H]2CC(c3ccccc3)=NN2C(=O)c2ccc(F)cc2)cc1. The number of halogens is 1. The first-order valence-corrected chi connectivity index (χ1v) is 9.01. The van der Waals surface area contributed by atoms with Crippen LogP contribution in [-0.2, 0) is 0 Å². The van der Waals surface area contributed by atoms with Crippen LogP contribution in [0, 0.1) is 5.82 Å². The summed E-state index contributed by atoms with van der Waals surface area (Å²) in [4.78, 5) is 13.1. The summed E-state index contributed by atoms with van der Waals surface area (Å²) in [6.45, 7) is 0. The summed E-state index contributed by atoms with van der Waals surface area (Å²) in [6, 6.07) is 22.7. The van der Waals surface area contributed by atoms with E-state index in [0.717, 1.165) is 22.6 Å². The lowest BCUT2D eigenvalue weighted by molar-refractivity contribution is 0.0711. The lowest BCUT2D eigenvalue weighted by atomic mass is 9.98. The van der Waals surface area contributed by atoms with Gasteiger partial charge in [0, 0.05) is 12.0 Å². The van der Waals surface area contributed by atoms with Crippen molar-refractivity contribution in [2.75, 3.05) is 7.11 Å². The molecular formula is C23H19FN2O2. The van der Waals surface area contributed by atoms with Crippen LogP contribution in [0.1, 0.15) is 33.9 Å². The van der Waals surface area contributed by atoms with Gasteiger partial charge in [-0.15, -0.1) is 0 Å². The van der Waals surface area contributed by atoms with Crippen LogP contribution in [-0.4, -0.2) is 23.7 Å². The monoisotopic (exact) mass is 374 g/mol. The Morgan fingerprint density at radius 2 is 1.68 bits per heavy atom. The molecule has 5 heteroatoms. The Morgan fingerprint density at radius 3 is 2.32 bits per heavy atom. The van der Waals surface area contributed by atoms with Gasteiger partial charge in [-0.05, 0) is 47.5 Å². The molecule has 0 saturated carbocycles. The van der Waals surface area contributed by atoms with Gasteiger partial charge in [0.15, 0.2) is 0 Å². The average molecular weight is 374 g/mol. The summed E-state index contributed by atoms with van der Waals surface area (Å²) in [5.41, 5.74) is 3.19. The van der Waals surface area contributed by atoms with Crippen molar-refractivity contribution < 1.29 is 13.9 Å². The van der Waals surface area contributed by atoms with E-state index in [4.69, 9.17) is 4.74 Å². The second-order valence-electron chi connectivity index (χ2n) is 6.56. The number of hydrazone groups is 1. The van der Waals surface area contributed by atoms with Gasteiger partial charge in [-0.25, -0.2) is 9.40 Å². The zero-order valence-corrected chi connectivity index (χ0v) is 15.4. The minimum Gasteiger partial charge on any atom is -0.497 e. The van der Waals surface area contributed by atoms with Crippen LogP contribution >= 0.6 is 0 Å². The van der Waals surface area contributed by atoms with Crippen LogP contribution in [0.4, 0.5) is 4.39 Å². The summed E-state index contributed by atoms with van der Waals surface area (Å²) < 4.78 is 18.5. The van der Waals surface area contributed by atoms with Gasteiger partial charge in [0.25, 0.3) is 5.91 Å². The van der Waals surface area contributed by atoms with E-state index in [1.807, 2.05) is 54.6 Å². The molecule has 0 radical (unpaired) electrons. The largest absolute Gasteiger partial charge is 0.497 e. The second kappa shape index (κ2) is 7.64. The maximum atomic E-state index is 13.3. The van der Waals surface area contributed by atoms with Crippen LogP contribution in [0.15, 0.2) is 84.0 Å². The molecule has 0 saturated heterocycles. The van der Waals surface area contributed by atoms with E-state index in [1.54, 1.807) is 7.11 Å². The number of carbonyl (C=O) groups excluding carboxylic acids is 1. The van der Waals surface area contributed by atoms with Crippen LogP contribution in [0.3, 0.4) is 0 Å². The molecule has 3 aromatic rings. The lowest BCUT2D eigenvalue weighted by Gasteiger charge is -2.22. The van der Waals surface area contributed by atoms with Gasteiger partial charge in [-0.1, -0.05) is 42.5 Å². The Morgan fingerprint density at radius 1 is 1.00 bits per heavy atom. The number of methoxy groups -OCH3 is 1. The molecule has 1 amide bonds. The molecule has 0 aliphatic carbocycles. The van der Waals surface area contributed by atoms with Crippen LogP contribution in [0.5, 0.6) is 5.75 Å². The third kappa shape index (κ3) is 3.51. The van der Waals surface area contributed by atoms with Crippen molar-refractivity contribution in [3.8, 4) is 5.75 Å². The van der Waals surface area contributed by atoms with Gasteiger partial charge in [-0.2, -0.15) is 5.10 Å². The maximum Gasteiger partial charge on any atom is 0.274 e. The number of ether oxygens (including phenoxy) is 1. The number of hydrogen-bond acceptors (Lipinski definition) is 3. The highest BCUT2D eigenvalue weighted by Crippen LogP contribution is 2.34. The molecule has 0 bridgehead atoms. The maximum absolute atomic E-state index is 13.3. The molecular weight excluding hydrogens is 355 g/mol. The Bertz CT molecular complexity index is 999. The van der Waals surface area contributed by atoms with Crippen molar-refractivity contribution in [3.63, 3.8) is 0 Å². The molecule has 1 aliphatic heterocycles. The molecule has 3 aromatic carbocycles. The molecule has 1 aliphatic rings. The highest BCUT2D eigenvalue weighted by molar-refractivity contribution is 6.05. The number of benzene rings is 3. The van der Waals surface area contributed by atoms with Crippen molar-refractivity contribution >= 4 is 11.6 Å². The predicted octanol–water partition coefficient (Wildman–Crippen LogP) is 4.83. The van der Waals surface area contributed by atoms with Gasteiger partial charge < -0.3 is 4.74 Å². The van der Waals surface area contributed by atoms with E-state index in [9.17, 15) is 9.18 Å². The highest BCUT2D eigenvalue weighted by atomic mass is 19.1. The highest BCUT2D eigenvalue weighted by Gasteiger charge is 2.33. The van der Waals surface area contributed by atoms with E-state index >= 15 is 0 Å². The summed E-state index contributed by atoms with van der Waals surface area (Å²) in [5, 5.41) is 6.13. The van der Waals surface area contributed by atoms with Crippen molar-refractivity contribution in [2.24, 2.45) is 5.10 Å². The number of nitrogens with zero attached hydrogens (tertiary/aromatic N) is 2. The van der Waals surface area contributed by atoms with Crippen molar-refractivity contribution in [2.45, 2.75) is 12.5 Å². The van der Waals surface area contributed by atoms with Crippen molar-refractivity contribution in [1.29, 1.82) is 0 Å². The molecule has 140 valence electrons. The van der Waals surface area contributed by atoms with Crippen LogP contribution in [0.2, 0.25) is 0 Å². The minimum atomic E-state index is -0.377. The van der Waals surface area contributed by atoms with Crippen molar-refractivity contribution in [1.82, 2.24) is 5.01 Å². The predicted molar refractivity (Wildman–Crippen MR) is 106 cm³/mol. The molecule has 0 spiro atoms. The third-order valence-corrected chi connectivity index (χ3v) is 4.82. The lowest BCUT2D eigenvalue weighted by Crippen LogP contribution is -2.27. The summed E-state index contributed by atoms with van der Waals surface area (Å²) in [7, 11) is 1.62. The van der Waals surface area contributed by atoms with Crippen molar-refractivity contribution in [3.05, 3.63) is 101 Å². The Kier molecular flexibility index (Phi) is 4.89. The molecule has 1 atom stereocenters. The fourth-order valence-electron chi connectivity index (χ4n) is 3.31. The van der Waals surface area contributed by atoms with Gasteiger partial charge in [-0.3, -0.25) is 4.79 Å². The molecule has 4 rings (SSSR count). The quantitative estimate of drug-likeness (QED) is 0.657. The zero-order valence-electron chi connectivity index (χ0n) is 15.4. The van der Waals surface area contributed by atoms with E-state index in [0.29, 0.717) is 12.0 Å². The number of amides is 1. The molecule has 0 unspecified atom stereocenters. The van der Waals surface area contributed by atoms with E-state index in [2.05, 4.69) is 5.10 Å². The van der Waals surface area contributed by atoms with Crippen LogP contribution < -0.4 is 4.74 Å². The first-order valence-electron chi connectivity index (χ1n) is 9.01. The Balaban J connectivity index is 1.71. The zero-order chi connectivity index (χ0) is 19.5. The molecule has 0 fully saturated rings. The second-order valence-corrected chi connectivity index (χ2v) is 6.56. The molecule has 28 heavy (non-hydrogen) atoms. The van der Waals surface area contributed by atoms with E-state index in [1.165, 1.54) is 29.3 Å². The normalized spacial score (nSPS) is 16.0. The topological polar surface area (TPSA) is 41.9 Å². The number of hydrogen-bond donors (Lipinski definition) is 0. The van der Waals surface area contributed by atoms with E-state index < -0.39 is 0 Å². The van der Waals surface area contributed by atoms with Gasteiger partial charge in [0.05, 0.1) is 18.9 Å². The Labute approximate surface area is 162 Å². The fourth-order valence-corrected chi connectivity index (χ4v) is 3.31. The smallest absolute Gasteiger partial charge is 0.274 e. The first kappa shape index (κ1) is 17.9. The van der Waals surface area contributed by atoms with Gasteiger partial charge in [0.1, 0.15) is 11.6 Å². The van der Waals surface area contributed by atoms with Gasteiger partial charge >= 0.3 is 0 Å². The average Bonchev–Trinajstić information content (AvgIpc) is 3.20. The third-order valence-electron chi connectivity index (χ3n) is 4.82. The summed E-state index contributed by atoms with van der Waals surface area (Å²) in [6.07, 6.45) is 0.600. The minimum absolute atomic E-state index is 0.237. The summed E-state index contributed by atoms with van der Waals surface area (Å²) in [5.74, 6) is 0.118. The molecule has 0 aromatic heterocycles. The molecule has 0 N–H and O–H groups in total. The first-order chi connectivity index (χ1) is 13.7.